The molecule has 3 fully saturated rings. The van der Waals surface area contributed by atoms with Crippen LogP contribution in [0.3, 0.4) is 0 Å². The molecule has 4 nitrogen and oxygen atoms in total. The number of nitrogens with one attached hydrogen (secondary N) is 1. The van der Waals surface area contributed by atoms with Crippen molar-refractivity contribution in [1.82, 2.24) is 5.32 Å². The number of allylic oxidation sites excluding steroid dienone is 1. The highest BCUT2D eigenvalue weighted by Crippen LogP contribution is 2.67. The van der Waals surface area contributed by atoms with E-state index in [2.05, 4.69) is 66.8 Å². The topological polar surface area (TPSA) is 38.3 Å². The van der Waals surface area contributed by atoms with E-state index in [1.165, 1.54) is 57.8 Å². The third kappa shape index (κ3) is 6.88. The second kappa shape index (κ2) is 13.7. The molecule has 0 aromatic heterocycles. The molecule has 0 aliphatic heterocycles. The normalized spacial score (nSPS) is 35.7. The Kier molecular flexibility index (Phi) is 11.0. The number of rotatable bonds is 13. The molecule has 1 amide bonds. The first-order valence-corrected chi connectivity index (χ1v) is 18.0. The first-order valence-electron chi connectivity index (χ1n) is 18.0. The smallest absolute Gasteiger partial charge is 0.407 e. The Hall–Kier alpha value is -1.03. The lowest BCUT2D eigenvalue weighted by molar-refractivity contribution is -0.923. The molecular weight excluding hydrogens is 504 g/mol. The quantitative estimate of drug-likeness (QED) is 0.136. The summed E-state index contributed by atoms with van der Waals surface area (Å²) < 4.78 is 7.14. The van der Waals surface area contributed by atoms with Crippen LogP contribution in [0.5, 0.6) is 0 Å². The fourth-order valence-electron chi connectivity index (χ4n) is 10.7. The van der Waals surface area contributed by atoms with Gasteiger partial charge in [-0.2, -0.15) is 0 Å². The fourth-order valence-corrected chi connectivity index (χ4v) is 10.7. The maximum absolute atomic E-state index is 12.7. The van der Waals surface area contributed by atoms with Crippen LogP contribution in [-0.2, 0) is 4.74 Å². The lowest BCUT2D eigenvalue weighted by Gasteiger charge is -2.58. The van der Waals surface area contributed by atoms with Crippen LogP contribution in [0.4, 0.5) is 4.79 Å². The highest BCUT2D eigenvalue weighted by atomic mass is 16.6. The van der Waals surface area contributed by atoms with E-state index >= 15 is 0 Å². The summed E-state index contributed by atoms with van der Waals surface area (Å²) in [5.41, 5.74) is 2.46. The lowest BCUT2D eigenvalue weighted by atomic mass is 9.47. The largest absolute Gasteiger partial charge is 0.446 e. The molecule has 4 aliphatic rings. The number of ether oxygens (including phenoxy) is 1. The maximum atomic E-state index is 12.7. The van der Waals surface area contributed by atoms with Crippen LogP contribution in [-0.4, -0.2) is 49.4 Å². The van der Waals surface area contributed by atoms with Gasteiger partial charge in [0.05, 0.1) is 26.2 Å². The van der Waals surface area contributed by atoms with Crippen molar-refractivity contribution in [2.24, 2.45) is 46.3 Å². The van der Waals surface area contributed by atoms with E-state index in [4.69, 9.17) is 4.74 Å². The van der Waals surface area contributed by atoms with Gasteiger partial charge in [-0.25, -0.2) is 4.79 Å². The van der Waals surface area contributed by atoms with E-state index in [0.29, 0.717) is 17.4 Å². The van der Waals surface area contributed by atoms with Crippen molar-refractivity contribution in [2.75, 3.05) is 32.7 Å². The molecule has 4 aliphatic carbocycles. The number of nitrogens with zero attached hydrogens (tertiary/aromatic N) is 1. The average molecular weight is 572 g/mol. The minimum atomic E-state index is -0.205. The third-order valence-electron chi connectivity index (χ3n) is 13.6. The predicted molar refractivity (Wildman–Crippen MR) is 173 cm³/mol. The molecule has 0 heterocycles. The summed E-state index contributed by atoms with van der Waals surface area (Å²) >= 11 is 0. The number of carbonyl (C=O) groups excluding carboxylic acids is 1. The maximum Gasteiger partial charge on any atom is 0.407 e. The van der Waals surface area contributed by atoms with Gasteiger partial charge in [-0.15, -0.1) is 0 Å². The summed E-state index contributed by atoms with van der Waals surface area (Å²) in [6, 6.07) is 0. The minimum absolute atomic E-state index is 0.0408. The summed E-state index contributed by atoms with van der Waals surface area (Å²) in [5.74, 6) is 5.20. The van der Waals surface area contributed by atoms with Gasteiger partial charge in [-0.3, -0.25) is 0 Å². The minimum Gasteiger partial charge on any atom is -0.446 e. The van der Waals surface area contributed by atoms with Crippen molar-refractivity contribution in [1.29, 1.82) is 0 Å². The Morgan fingerprint density at radius 2 is 1.71 bits per heavy atom. The van der Waals surface area contributed by atoms with Crippen molar-refractivity contribution < 1.29 is 14.0 Å². The molecule has 0 saturated heterocycles. The summed E-state index contributed by atoms with van der Waals surface area (Å²) in [6.07, 6.45) is 17.8. The number of quaternary nitrogens is 1. The Morgan fingerprint density at radius 1 is 0.976 bits per heavy atom. The molecular formula is C37H67N2O2+. The molecule has 1 N–H and O–H groups in total. The molecule has 4 heteroatoms. The zero-order valence-electron chi connectivity index (χ0n) is 28.4. The van der Waals surface area contributed by atoms with E-state index in [1.54, 1.807) is 5.57 Å². The van der Waals surface area contributed by atoms with Gasteiger partial charge in [0.2, 0.25) is 0 Å². The molecule has 8 atom stereocenters. The second-order valence-corrected chi connectivity index (χ2v) is 15.9. The van der Waals surface area contributed by atoms with Crippen LogP contribution in [0, 0.1) is 46.3 Å². The second-order valence-electron chi connectivity index (χ2n) is 15.9. The van der Waals surface area contributed by atoms with Crippen LogP contribution in [0.25, 0.3) is 0 Å². The molecule has 0 aromatic rings. The van der Waals surface area contributed by atoms with Gasteiger partial charge in [0, 0.05) is 19.4 Å². The monoisotopic (exact) mass is 572 g/mol. The lowest BCUT2D eigenvalue weighted by Crippen LogP contribution is -2.51. The highest BCUT2D eigenvalue weighted by Gasteiger charge is 2.59. The number of fused-ring (bicyclic) bond motifs is 5. The number of hydrogen-bond donors (Lipinski definition) is 1. The summed E-state index contributed by atoms with van der Waals surface area (Å²) in [4.78, 5) is 12.7. The first-order chi connectivity index (χ1) is 19.5. The Balaban J connectivity index is 1.30. The molecule has 0 bridgehead atoms. The van der Waals surface area contributed by atoms with Gasteiger partial charge in [-0.1, -0.05) is 65.5 Å². The third-order valence-corrected chi connectivity index (χ3v) is 13.6. The van der Waals surface area contributed by atoms with E-state index in [-0.39, 0.29) is 12.2 Å². The van der Waals surface area contributed by atoms with Crippen LogP contribution in [0.15, 0.2) is 11.6 Å². The van der Waals surface area contributed by atoms with Gasteiger partial charge in [0.25, 0.3) is 0 Å². The van der Waals surface area contributed by atoms with E-state index in [9.17, 15) is 4.79 Å². The van der Waals surface area contributed by atoms with Crippen LogP contribution in [0.2, 0.25) is 0 Å². The summed E-state index contributed by atoms with van der Waals surface area (Å²) in [5, 5.41) is 3.07. The van der Waals surface area contributed by atoms with Gasteiger partial charge in [0.15, 0.2) is 0 Å². The standard InChI is InChI=1S/C37H66N2O2/c1-9-39(10-2,11-3)25-13-24-38-35(40)41-30-20-22-36(7)29(26-30)16-17-31-33-19-18-32(28(6)15-12-14-27(4)5)37(33,8)23-21-34(31)36/h16,27-28,30-34H,9-15,17-26H2,1-8H3/p+1/t28-,30+,31+,32-,33+,34+,36+,37-/m1/s1. The van der Waals surface area contributed by atoms with Gasteiger partial charge in [0.1, 0.15) is 6.10 Å². The van der Waals surface area contributed by atoms with Gasteiger partial charge in [-0.05, 0) is 112 Å². The predicted octanol–water partition coefficient (Wildman–Crippen LogP) is 9.39. The SMILES string of the molecule is CC[N+](CC)(CC)CCCNC(=O)O[C@H]1CC[C@@]2(C)C(=CC[C@H]3[C@@H]4CC[C@H]([C@H](C)CCCC(C)C)[C@@]4(C)CC[C@@H]32)C1. The molecule has 0 spiro atoms. The molecule has 4 rings (SSSR count). The van der Waals surface area contributed by atoms with E-state index < -0.39 is 0 Å². The van der Waals surface area contributed by atoms with Crippen LogP contribution >= 0.6 is 0 Å². The van der Waals surface area contributed by atoms with Crippen molar-refractivity contribution >= 4 is 6.09 Å². The molecule has 0 radical (unpaired) electrons. The Labute approximate surface area is 254 Å². The van der Waals surface area contributed by atoms with Gasteiger partial charge < -0.3 is 14.5 Å². The summed E-state index contributed by atoms with van der Waals surface area (Å²) in [7, 11) is 0. The fraction of sp³-hybridized carbons (Fsp3) is 0.919. The van der Waals surface area contributed by atoms with E-state index in [0.717, 1.165) is 85.4 Å². The van der Waals surface area contributed by atoms with Crippen molar-refractivity contribution in [2.45, 2.75) is 139 Å². The van der Waals surface area contributed by atoms with Crippen molar-refractivity contribution in [3.63, 3.8) is 0 Å². The number of amides is 1. The molecule has 236 valence electrons. The molecule has 0 aromatic carbocycles. The van der Waals surface area contributed by atoms with E-state index in [1.807, 2.05) is 0 Å². The average Bonchev–Trinajstić information content (AvgIpc) is 3.31. The van der Waals surface area contributed by atoms with Crippen LogP contribution < -0.4 is 5.32 Å². The number of carbonyl (C=O) groups is 1. The van der Waals surface area contributed by atoms with Gasteiger partial charge >= 0.3 is 6.09 Å². The zero-order chi connectivity index (χ0) is 29.8. The number of alkyl carbamates (subject to hydrolysis) is 1. The summed E-state index contributed by atoms with van der Waals surface area (Å²) in [6.45, 7) is 24.8. The molecule has 3 saturated carbocycles. The van der Waals surface area contributed by atoms with Crippen molar-refractivity contribution in [3.05, 3.63) is 11.6 Å². The Morgan fingerprint density at radius 3 is 2.39 bits per heavy atom. The number of hydrogen-bond acceptors (Lipinski definition) is 2. The highest BCUT2D eigenvalue weighted by molar-refractivity contribution is 5.67. The Bertz CT molecular complexity index is 885. The van der Waals surface area contributed by atoms with Crippen LogP contribution in [0.1, 0.15) is 132 Å². The molecule has 0 unspecified atom stereocenters. The van der Waals surface area contributed by atoms with Crippen molar-refractivity contribution in [3.8, 4) is 0 Å². The first kappa shape index (κ1) is 32.9. The molecule has 41 heavy (non-hydrogen) atoms. The zero-order valence-corrected chi connectivity index (χ0v) is 28.4.